The summed E-state index contributed by atoms with van der Waals surface area (Å²) in [4.78, 5) is 11.5. The molecule has 15 heavy (non-hydrogen) atoms. The normalized spacial score (nSPS) is 11.4. The molecule has 0 aliphatic heterocycles. The van der Waals surface area contributed by atoms with Crippen molar-refractivity contribution < 1.29 is 4.79 Å². The van der Waals surface area contributed by atoms with Gasteiger partial charge in [-0.15, -0.1) is 5.10 Å². The number of amides is 1. The van der Waals surface area contributed by atoms with Gasteiger partial charge >= 0.3 is 0 Å². The van der Waals surface area contributed by atoms with Gasteiger partial charge in [0.2, 0.25) is 5.91 Å². The molecule has 1 heterocycles. The molecule has 1 rings (SSSR count). The molecule has 0 fully saturated rings. The Bertz CT molecular complexity index is 306. The van der Waals surface area contributed by atoms with Crippen LogP contribution in [0.25, 0.3) is 0 Å². The Balaban J connectivity index is 2.31. The van der Waals surface area contributed by atoms with Crippen LogP contribution in [0.2, 0.25) is 0 Å². The second-order valence-corrected chi connectivity index (χ2v) is 4.05. The summed E-state index contributed by atoms with van der Waals surface area (Å²) >= 11 is 0. The summed E-state index contributed by atoms with van der Waals surface area (Å²) < 4.78 is 1.62. The zero-order valence-electron chi connectivity index (χ0n) is 9.10. The Morgan fingerprint density at radius 1 is 1.60 bits per heavy atom. The maximum absolute atomic E-state index is 11.5. The average Bonchev–Trinajstić information content (AvgIpc) is 2.66. The van der Waals surface area contributed by atoms with Crippen molar-refractivity contribution in [1.29, 1.82) is 0 Å². The third kappa shape index (κ3) is 4.07. The van der Waals surface area contributed by atoms with Gasteiger partial charge in [0.1, 0.15) is 0 Å². The van der Waals surface area contributed by atoms with Gasteiger partial charge in [0, 0.05) is 24.7 Å². The molecule has 84 valence electrons. The number of rotatable bonds is 5. The van der Waals surface area contributed by atoms with Crippen LogP contribution in [0.4, 0.5) is 0 Å². The summed E-state index contributed by atoms with van der Waals surface area (Å²) in [5, 5.41) is 10.3. The van der Waals surface area contributed by atoms with Crippen molar-refractivity contribution in [2.24, 2.45) is 5.73 Å². The summed E-state index contributed by atoms with van der Waals surface area (Å²) in [6.07, 6.45) is 3.69. The molecular formula is C9H17N5O. The molecule has 0 saturated carbocycles. The summed E-state index contributed by atoms with van der Waals surface area (Å²) in [6.45, 7) is 4.73. The lowest BCUT2D eigenvalue weighted by atomic mass is 10.1. The second kappa shape index (κ2) is 4.88. The third-order valence-corrected chi connectivity index (χ3v) is 2.03. The molecule has 0 aromatic carbocycles. The molecule has 0 unspecified atom stereocenters. The van der Waals surface area contributed by atoms with Crippen LogP contribution in [0, 0.1) is 0 Å². The molecule has 1 aromatic rings. The third-order valence-electron chi connectivity index (χ3n) is 2.03. The fraction of sp³-hybridized carbons (Fsp3) is 0.667. The summed E-state index contributed by atoms with van der Waals surface area (Å²) in [5.41, 5.74) is 5.16. The number of nitrogens with zero attached hydrogens (tertiary/aromatic N) is 3. The van der Waals surface area contributed by atoms with Crippen LogP contribution in [0.3, 0.4) is 0 Å². The van der Waals surface area contributed by atoms with Crippen LogP contribution < -0.4 is 11.1 Å². The number of carbonyl (C=O) groups excluding carboxylic acids is 1. The van der Waals surface area contributed by atoms with Gasteiger partial charge in [0.25, 0.3) is 0 Å². The van der Waals surface area contributed by atoms with Crippen molar-refractivity contribution in [3.8, 4) is 0 Å². The molecule has 1 aromatic heterocycles. The van der Waals surface area contributed by atoms with Crippen LogP contribution in [0.1, 0.15) is 20.3 Å². The Kier molecular flexibility index (Phi) is 3.79. The van der Waals surface area contributed by atoms with E-state index in [-0.39, 0.29) is 11.4 Å². The minimum atomic E-state index is -0.348. The van der Waals surface area contributed by atoms with Crippen molar-refractivity contribution >= 4 is 5.91 Å². The van der Waals surface area contributed by atoms with Crippen LogP contribution in [-0.4, -0.2) is 33.0 Å². The number of nitrogens with two attached hydrogens (primary N) is 1. The van der Waals surface area contributed by atoms with Crippen molar-refractivity contribution in [2.75, 3.05) is 6.54 Å². The van der Waals surface area contributed by atoms with Crippen molar-refractivity contribution in [3.05, 3.63) is 12.4 Å². The number of hydrogen-bond acceptors (Lipinski definition) is 4. The van der Waals surface area contributed by atoms with E-state index in [9.17, 15) is 4.79 Å². The smallest absolute Gasteiger partial charge is 0.222 e. The molecule has 0 spiro atoms. The lowest BCUT2D eigenvalue weighted by Gasteiger charge is -2.24. The number of aromatic nitrogens is 3. The SMILES string of the molecule is CC(C)(CN)NC(=O)CCn1ccnn1. The number of carbonyl (C=O) groups is 1. The van der Waals surface area contributed by atoms with E-state index in [0.717, 1.165) is 0 Å². The van der Waals surface area contributed by atoms with Crippen LogP contribution in [-0.2, 0) is 11.3 Å². The van der Waals surface area contributed by atoms with Crippen LogP contribution in [0.15, 0.2) is 12.4 Å². The summed E-state index contributed by atoms with van der Waals surface area (Å²) in [7, 11) is 0. The first-order chi connectivity index (χ1) is 7.03. The van der Waals surface area contributed by atoms with E-state index in [1.165, 1.54) is 0 Å². The van der Waals surface area contributed by atoms with Crippen molar-refractivity contribution in [2.45, 2.75) is 32.4 Å². The summed E-state index contributed by atoms with van der Waals surface area (Å²) in [6, 6.07) is 0. The summed E-state index contributed by atoms with van der Waals surface area (Å²) in [5.74, 6) is -0.0269. The molecule has 3 N–H and O–H groups in total. The first kappa shape index (κ1) is 11.6. The zero-order chi connectivity index (χ0) is 11.3. The van der Waals surface area contributed by atoms with Crippen LogP contribution in [0.5, 0.6) is 0 Å². The molecule has 0 aliphatic carbocycles. The molecule has 6 nitrogen and oxygen atoms in total. The maximum atomic E-state index is 11.5. The van der Waals surface area contributed by atoms with Gasteiger partial charge in [-0.3, -0.25) is 9.48 Å². The molecule has 1 amide bonds. The minimum Gasteiger partial charge on any atom is -0.350 e. The van der Waals surface area contributed by atoms with E-state index in [0.29, 0.717) is 19.5 Å². The lowest BCUT2D eigenvalue weighted by Crippen LogP contribution is -2.49. The first-order valence-electron chi connectivity index (χ1n) is 4.89. The number of aryl methyl sites for hydroxylation is 1. The van der Waals surface area contributed by atoms with Crippen molar-refractivity contribution in [1.82, 2.24) is 20.3 Å². The highest BCUT2D eigenvalue weighted by molar-refractivity contribution is 5.76. The Morgan fingerprint density at radius 3 is 2.87 bits per heavy atom. The predicted octanol–water partition coefficient (Wildman–Crippen LogP) is -0.478. The minimum absolute atomic E-state index is 0.0269. The highest BCUT2D eigenvalue weighted by Gasteiger charge is 2.17. The van der Waals surface area contributed by atoms with Gasteiger partial charge in [-0.05, 0) is 13.8 Å². The lowest BCUT2D eigenvalue weighted by molar-refractivity contribution is -0.122. The van der Waals surface area contributed by atoms with E-state index in [1.807, 2.05) is 13.8 Å². The molecule has 0 atom stereocenters. The Morgan fingerprint density at radius 2 is 2.33 bits per heavy atom. The molecular weight excluding hydrogens is 194 g/mol. The quantitative estimate of drug-likeness (QED) is 0.689. The topological polar surface area (TPSA) is 85.8 Å². The Hall–Kier alpha value is -1.43. The van der Waals surface area contributed by atoms with Gasteiger partial charge in [0.15, 0.2) is 0 Å². The van der Waals surface area contributed by atoms with E-state index in [1.54, 1.807) is 17.1 Å². The Labute approximate surface area is 88.8 Å². The van der Waals surface area contributed by atoms with E-state index in [4.69, 9.17) is 5.73 Å². The van der Waals surface area contributed by atoms with Crippen LogP contribution >= 0.6 is 0 Å². The molecule has 0 bridgehead atoms. The maximum Gasteiger partial charge on any atom is 0.222 e. The second-order valence-electron chi connectivity index (χ2n) is 4.05. The molecule has 0 aliphatic rings. The van der Waals surface area contributed by atoms with Gasteiger partial charge in [-0.25, -0.2) is 0 Å². The number of nitrogens with one attached hydrogen (secondary N) is 1. The first-order valence-corrected chi connectivity index (χ1v) is 4.89. The standard InChI is InChI=1S/C9H17N5O/c1-9(2,7-10)12-8(15)3-5-14-6-4-11-13-14/h4,6H,3,5,7,10H2,1-2H3,(H,12,15). The van der Waals surface area contributed by atoms with Gasteiger partial charge < -0.3 is 11.1 Å². The largest absolute Gasteiger partial charge is 0.350 e. The monoisotopic (exact) mass is 211 g/mol. The van der Waals surface area contributed by atoms with E-state index in [2.05, 4.69) is 15.6 Å². The van der Waals surface area contributed by atoms with E-state index < -0.39 is 0 Å². The fourth-order valence-electron chi connectivity index (χ4n) is 1.06. The fourth-order valence-corrected chi connectivity index (χ4v) is 1.06. The van der Waals surface area contributed by atoms with Gasteiger partial charge in [-0.1, -0.05) is 5.21 Å². The highest BCUT2D eigenvalue weighted by Crippen LogP contribution is 1.99. The predicted molar refractivity (Wildman–Crippen MR) is 55.9 cm³/mol. The average molecular weight is 211 g/mol. The molecule has 0 radical (unpaired) electrons. The molecule has 0 saturated heterocycles. The van der Waals surface area contributed by atoms with Gasteiger partial charge in [0.05, 0.1) is 12.7 Å². The number of hydrogen-bond donors (Lipinski definition) is 2. The van der Waals surface area contributed by atoms with E-state index >= 15 is 0 Å². The van der Waals surface area contributed by atoms with Gasteiger partial charge in [-0.2, -0.15) is 0 Å². The highest BCUT2D eigenvalue weighted by atomic mass is 16.1. The van der Waals surface area contributed by atoms with Crippen molar-refractivity contribution in [3.63, 3.8) is 0 Å². The zero-order valence-corrected chi connectivity index (χ0v) is 9.10. The molecule has 6 heteroatoms.